The van der Waals surface area contributed by atoms with Gasteiger partial charge in [0.25, 0.3) is 0 Å². The maximum absolute atomic E-state index is 14.2. The molecule has 2 unspecified atom stereocenters. The van der Waals surface area contributed by atoms with Crippen molar-refractivity contribution in [1.82, 2.24) is 0 Å². The van der Waals surface area contributed by atoms with Crippen LogP contribution in [0.1, 0.15) is 39.2 Å². The van der Waals surface area contributed by atoms with Crippen molar-refractivity contribution in [1.29, 1.82) is 0 Å². The molecule has 0 spiro atoms. The van der Waals surface area contributed by atoms with Crippen LogP contribution in [0.4, 0.5) is 4.39 Å². The highest BCUT2D eigenvalue weighted by Gasteiger charge is 2.22. The molecule has 0 amide bonds. The zero-order valence-corrected chi connectivity index (χ0v) is 13.2. The number of nitrogens with two attached hydrogens (primary N) is 1. The standard InChI is InChI=1S/C15H22FNO2S/c1-5-18-13-7-11(9(3)10(4)15(17)20)12(16)8-14(13)19-6-2/h7-10H,5-6H2,1-4H3,(H2,17,20). The van der Waals surface area contributed by atoms with E-state index in [0.717, 1.165) is 0 Å². The monoisotopic (exact) mass is 299 g/mol. The first-order chi connectivity index (χ1) is 9.42. The molecule has 0 aliphatic rings. The molecule has 0 fully saturated rings. The number of halogens is 1. The topological polar surface area (TPSA) is 44.5 Å². The fraction of sp³-hybridized carbons (Fsp3) is 0.533. The Hall–Kier alpha value is -1.36. The Morgan fingerprint density at radius 1 is 1.20 bits per heavy atom. The van der Waals surface area contributed by atoms with Crippen molar-refractivity contribution in [2.24, 2.45) is 11.7 Å². The van der Waals surface area contributed by atoms with Gasteiger partial charge in [0.2, 0.25) is 0 Å². The van der Waals surface area contributed by atoms with E-state index in [1.807, 2.05) is 27.7 Å². The van der Waals surface area contributed by atoms with E-state index in [-0.39, 0.29) is 17.7 Å². The molecule has 1 aromatic rings. The van der Waals surface area contributed by atoms with Gasteiger partial charge in [0.05, 0.1) is 18.2 Å². The van der Waals surface area contributed by atoms with Crippen LogP contribution in [0, 0.1) is 11.7 Å². The highest BCUT2D eigenvalue weighted by molar-refractivity contribution is 7.80. The van der Waals surface area contributed by atoms with Crippen LogP contribution >= 0.6 is 12.2 Å². The Morgan fingerprint density at radius 3 is 2.15 bits per heavy atom. The van der Waals surface area contributed by atoms with Crippen LogP contribution in [-0.2, 0) is 0 Å². The van der Waals surface area contributed by atoms with Crippen LogP contribution in [-0.4, -0.2) is 18.2 Å². The van der Waals surface area contributed by atoms with E-state index >= 15 is 0 Å². The molecule has 0 bridgehead atoms. The van der Waals surface area contributed by atoms with Crippen molar-refractivity contribution in [3.8, 4) is 11.5 Å². The van der Waals surface area contributed by atoms with E-state index in [1.54, 1.807) is 6.07 Å². The molecule has 0 aliphatic carbocycles. The highest BCUT2D eigenvalue weighted by atomic mass is 32.1. The summed E-state index contributed by atoms with van der Waals surface area (Å²) in [7, 11) is 0. The lowest BCUT2D eigenvalue weighted by atomic mass is 9.88. The van der Waals surface area contributed by atoms with Crippen LogP contribution in [0.5, 0.6) is 11.5 Å². The second-order valence-corrected chi connectivity index (χ2v) is 5.14. The van der Waals surface area contributed by atoms with Gasteiger partial charge in [0.15, 0.2) is 11.5 Å². The van der Waals surface area contributed by atoms with Gasteiger partial charge < -0.3 is 15.2 Å². The SMILES string of the molecule is CCOc1cc(F)c(C(C)C(C)C(N)=S)cc1OCC. The lowest BCUT2D eigenvalue weighted by Gasteiger charge is -2.21. The molecule has 0 saturated heterocycles. The van der Waals surface area contributed by atoms with Crippen molar-refractivity contribution >= 4 is 17.2 Å². The number of rotatable bonds is 7. The third-order valence-electron chi connectivity index (χ3n) is 3.35. The van der Waals surface area contributed by atoms with Gasteiger partial charge in [-0.1, -0.05) is 26.1 Å². The molecule has 0 aromatic heterocycles. The molecule has 3 nitrogen and oxygen atoms in total. The van der Waals surface area contributed by atoms with Gasteiger partial charge in [-0.15, -0.1) is 0 Å². The second kappa shape index (κ2) is 7.43. The molecule has 2 N–H and O–H groups in total. The maximum atomic E-state index is 14.2. The summed E-state index contributed by atoms with van der Waals surface area (Å²) in [6, 6.07) is 3.05. The van der Waals surface area contributed by atoms with E-state index in [9.17, 15) is 4.39 Å². The molecule has 1 rings (SSSR count). The average Bonchev–Trinajstić information content (AvgIpc) is 2.40. The maximum Gasteiger partial charge on any atom is 0.164 e. The van der Waals surface area contributed by atoms with E-state index in [0.29, 0.717) is 35.3 Å². The van der Waals surface area contributed by atoms with Crippen molar-refractivity contribution in [3.05, 3.63) is 23.5 Å². The molecule has 0 radical (unpaired) electrons. The predicted octanol–water partition coefficient (Wildman–Crippen LogP) is 3.65. The van der Waals surface area contributed by atoms with Gasteiger partial charge >= 0.3 is 0 Å². The first-order valence-corrected chi connectivity index (χ1v) is 7.21. The van der Waals surface area contributed by atoms with Gasteiger partial charge in [-0.25, -0.2) is 4.39 Å². The number of benzene rings is 1. The van der Waals surface area contributed by atoms with Crippen molar-refractivity contribution in [3.63, 3.8) is 0 Å². The molecular formula is C15H22FNO2S. The average molecular weight is 299 g/mol. The van der Waals surface area contributed by atoms with E-state index < -0.39 is 0 Å². The molecule has 20 heavy (non-hydrogen) atoms. The number of thiocarbonyl (C=S) groups is 1. The van der Waals surface area contributed by atoms with Gasteiger partial charge in [0.1, 0.15) is 5.82 Å². The minimum Gasteiger partial charge on any atom is -0.490 e. The summed E-state index contributed by atoms with van der Waals surface area (Å²) in [6.45, 7) is 8.46. The Labute approximate surface area is 125 Å². The Kier molecular flexibility index (Phi) is 6.20. The summed E-state index contributed by atoms with van der Waals surface area (Å²) >= 11 is 4.99. The van der Waals surface area contributed by atoms with Crippen molar-refractivity contribution in [2.75, 3.05) is 13.2 Å². The Bertz CT molecular complexity index is 479. The zero-order chi connectivity index (χ0) is 15.3. The number of ether oxygens (including phenoxy) is 2. The number of hydrogen-bond donors (Lipinski definition) is 1. The van der Waals surface area contributed by atoms with Crippen LogP contribution in [0.2, 0.25) is 0 Å². The molecule has 0 saturated carbocycles. The summed E-state index contributed by atoms with van der Waals surface area (Å²) in [5.74, 6) is 0.431. The van der Waals surface area contributed by atoms with Crippen molar-refractivity contribution < 1.29 is 13.9 Å². The third kappa shape index (κ3) is 3.82. The quantitative estimate of drug-likeness (QED) is 0.781. The zero-order valence-electron chi connectivity index (χ0n) is 12.4. The van der Waals surface area contributed by atoms with Gasteiger partial charge in [-0.05, 0) is 31.4 Å². The lowest BCUT2D eigenvalue weighted by Crippen LogP contribution is -2.23. The fourth-order valence-corrected chi connectivity index (χ4v) is 2.16. The molecule has 2 atom stereocenters. The molecule has 0 aliphatic heterocycles. The molecule has 0 heterocycles. The minimum absolute atomic E-state index is 0.0908. The van der Waals surface area contributed by atoms with Crippen LogP contribution < -0.4 is 15.2 Å². The summed E-state index contributed by atoms with van der Waals surface area (Å²) in [5, 5.41) is 0. The van der Waals surface area contributed by atoms with Gasteiger partial charge in [0, 0.05) is 12.0 Å². The number of hydrogen-bond acceptors (Lipinski definition) is 3. The summed E-state index contributed by atoms with van der Waals surface area (Å²) in [4.78, 5) is 0.378. The molecular weight excluding hydrogens is 277 g/mol. The first kappa shape index (κ1) is 16.7. The molecule has 5 heteroatoms. The van der Waals surface area contributed by atoms with Crippen molar-refractivity contribution in [2.45, 2.75) is 33.6 Å². The van der Waals surface area contributed by atoms with E-state index in [4.69, 9.17) is 27.4 Å². The van der Waals surface area contributed by atoms with Gasteiger partial charge in [-0.3, -0.25) is 0 Å². The second-order valence-electron chi connectivity index (χ2n) is 4.67. The lowest BCUT2D eigenvalue weighted by molar-refractivity contribution is 0.285. The summed E-state index contributed by atoms with van der Waals surface area (Å²) < 4.78 is 25.2. The van der Waals surface area contributed by atoms with Crippen LogP contribution in [0.25, 0.3) is 0 Å². The highest BCUT2D eigenvalue weighted by Crippen LogP contribution is 2.36. The smallest absolute Gasteiger partial charge is 0.164 e. The van der Waals surface area contributed by atoms with Crippen LogP contribution in [0.15, 0.2) is 12.1 Å². The van der Waals surface area contributed by atoms with Gasteiger partial charge in [-0.2, -0.15) is 0 Å². The normalized spacial score (nSPS) is 13.7. The summed E-state index contributed by atoms with van der Waals surface area (Å²) in [6.07, 6.45) is 0. The summed E-state index contributed by atoms with van der Waals surface area (Å²) in [5.41, 5.74) is 6.19. The minimum atomic E-state index is -0.326. The first-order valence-electron chi connectivity index (χ1n) is 6.80. The molecule has 1 aromatic carbocycles. The molecule has 112 valence electrons. The third-order valence-corrected chi connectivity index (χ3v) is 3.72. The van der Waals surface area contributed by atoms with E-state index in [1.165, 1.54) is 6.07 Å². The largest absolute Gasteiger partial charge is 0.490 e. The fourth-order valence-electron chi connectivity index (χ4n) is 1.95. The Morgan fingerprint density at radius 2 is 1.70 bits per heavy atom. The predicted molar refractivity (Wildman–Crippen MR) is 83.1 cm³/mol. The Balaban J connectivity index is 3.20. The van der Waals surface area contributed by atoms with E-state index in [2.05, 4.69) is 0 Å². The van der Waals surface area contributed by atoms with Crippen LogP contribution in [0.3, 0.4) is 0 Å².